The van der Waals surface area contributed by atoms with E-state index in [2.05, 4.69) is 9.97 Å². The van der Waals surface area contributed by atoms with Crippen molar-refractivity contribution in [1.82, 2.24) is 9.97 Å². The van der Waals surface area contributed by atoms with Gasteiger partial charge in [-0.25, -0.2) is 0 Å². The Morgan fingerprint density at radius 3 is 3.00 bits per heavy atom. The van der Waals surface area contributed by atoms with Gasteiger partial charge in [0.1, 0.15) is 11.5 Å². The fraction of sp³-hybridized carbons (Fsp3) is 0. The highest BCUT2D eigenvalue weighted by molar-refractivity contribution is 7.13. The highest BCUT2D eigenvalue weighted by Crippen LogP contribution is 2.22. The lowest BCUT2D eigenvalue weighted by atomic mass is 10.2. The van der Waals surface area contributed by atoms with Gasteiger partial charge in [0.05, 0.1) is 10.9 Å². The van der Waals surface area contributed by atoms with E-state index in [4.69, 9.17) is 5.73 Å². The molecule has 0 aliphatic carbocycles. The predicted molar refractivity (Wildman–Crippen MR) is 66.6 cm³/mol. The minimum atomic E-state index is 0.00384. The van der Waals surface area contributed by atoms with Crippen LogP contribution in [0.5, 0.6) is 0 Å². The third kappa shape index (κ3) is 1.25. The van der Waals surface area contributed by atoms with Gasteiger partial charge in [0.25, 0.3) is 0 Å². The molecular formula is C11H9N3OS. The average Bonchev–Trinajstić information content (AvgIpc) is 2.86. The number of nitrogens with two attached hydrogens (primary N) is 1. The zero-order chi connectivity index (χ0) is 11.1. The third-order valence-corrected chi connectivity index (χ3v) is 3.38. The minimum Gasteiger partial charge on any atom is -0.385 e. The Balaban J connectivity index is 2.36. The summed E-state index contributed by atoms with van der Waals surface area (Å²) in [7, 11) is 0. The van der Waals surface area contributed by atoms with Crippen molar-refractivity contribution in [2.24, 2.45) is 0 Å². The van der Waals surface area contributed by atoms with Crippen LogP contribution in [0.15, 0.2) is 34.6 Å². The number of aromatic nitrogens is 2. The van der Waals surface area contributed by atoms with Gasteiger partial charge >= 0.3 is 0 Å². The maximum Gasteiger partial charge on any atom is 0.199 e. The maximum atomic E-state index is 12.2. The van der Waals surface area contributed by atoms with Crippen molar-refractivity contribution >= 4 is 28.2 Å². The van der Waals surface area contributed by atoms with Gasteiger partial charge in [-0.3, -0.25) is 4.79 Å². The maximum absolute atomic E-state index is 12.2. The first-order valence-corrected chi connectivity index (χ1v) is 5.67. The zero-order valence-electron chi connectivity index (χ0n) is 8.28. The molecule has 0 amide bonds. The molecule has 0 unspecified atom stereocenters. The van der Waals surface area contributed by atoms with Crippen LogP contribution in [-0.4, -0.2) is 9.97 Å². The van der Waals surface area contributed by atoms with E-state index in [0.717, 1.165) is 4.88 Å². The van der Waals surface area contributed by atoms with E-state index in [0.29, 0.717) is 22.4 Å². The second kappa shape index (κ2) is 3.24. The highest BCUT2D eigenvalue weighted by Gasteiger charge is 2.09. The number of fused-ring (bicyclic) bond motifs is 1. The predicted octanol–water partition coefficient (Wildman–Crippen LogP) is 2.17. The number of aromatic amines is 2. The van der Waals surface area contributed by atoms with Gasteiger partial charge < -0.3 is 15.7 Å². The normalized spacial score (nSPS) is 11.0. The van der Waals surface area contributed by atoms with Gasteiger partial charge in [-0.1, -0.05) is 6.07 Å². The Morgan fingerprint density at radius 2 is 2.25 bits per heavy atom. The molecule has 0 aromatic carbocycles. The number of nitrogens with one attached hydrogen (secondary N) is 2. The SMILES string of the molecule is Nc1cc2c(=O)c(-c3cccs3)c[nH]c2[nH]1. The molecule has 0 radical (unpaired) electrons. The van der Waals surface area contributed by atoms with Crippen molar-refractivity contribution in [1.29, 1.82) is 0 Å². The second-order valence-electron chi connectivity index (χ2n) is 3.52. The molecule has 0 bridgehead atoms. The number of hydrogen-bond donors (Lipinski definition) is 3. The molecule has 0 spiro atoms. The summed E-state index contributed by atoms with van der Waals surface area (Å²) in [6.45, 7) is 0. The molecule has 0 aliphatic rings. The number of thiophene rings is 1. The molecule has 80 valence electrons. The van der Waals surface area contributed by atoms with E-state index in [-0.39, 0.29) is 5.43 Å². The molecule has 16 heavy (non-hydrogen) atoms. The molecule has 0 saturated carbocycles. The van der Waals surface area contributed by atoms with Gasteiger partial charge in [0.15, 0.2) is 5.43 Å². The zero-order valence-corrected chi connectivity index (χ0v) is 9.10. The largest absolute Gasteiger partial charge is 0.385 e. The first-order valence-electron chi connectivity index (χ1n) is 4.79. The fourth-order valence-corrected chi connectivity index (χ4v) is 2.48. The molecule has 3 aromatic heterocycles. The molecule has 3 rings (SSSR count). The van der Waals surface area contributed by atoms with Crippen LogP contribution in [0.1, 0.15) is 0 Å². The highest BCUT2D eigenvalue weighted by atomic mass is 32.1. The Labute approximate surface area is 94.7 Å². The van der Waals surface area contributed by atoms with Crippen LogP contribution < -0.4 is 11.2 Å². The van der Waals surface area contributed by atoms with Crippen LogP contribution in [0.25, 0.3) is 21.5 Å². The Kier molecular flexibility index (Phi) is 1.87. The third-order valence-electron chi connectivity index (χ3n) is 2.48. The summed E-state index contributed by atoms with van der Waals surface area (Å²) < 4.78 is 0. The van der Waals surface area contributed by atoms with Crippen molar-refractivity contribution in [2.75, 3.05) is 5.73 Å². The number of H-pyrrole nitrogens is 2. The molecule has 0 atom stereocenters. The van der Waals surface area contributed by atoms with Gasteiger partial charge in [0, 0.05) is 11.1 Å². The molecule has 0 saturated heterocycles. The molecule has 4 N–H and O–H groups in total. The lowest BCUT2D eigenvalue weighted by molar-refractivity contribution is 1.32. The van der Waals surface area contributed by atoms with Crippen molar-refractivity contribution < 1.29 is 0 Å². The summed E-state index contributed by atoms with van der Waals surface area (Å²) in [5, 5.41) is 2.55. The molecule has 0 aliphatic heterocycles. The molecule has 4 nitrogen and oxygen atoms in total. The fourth-order valence-electron chi connectivity index (χ4n) is 1.74. The lowest BCUT2D eigenvalue weighted by Gasteiger charge is -1.96. The number of rotatable bonds is 1. The number of nitrogen functional groups attached to an aromatic ring is 1. The summed E-state index contributed by atoms with van der Waals surface area (Å²) >= 11 is 1.54. The lowest BCUT2D eigenvalue weighted by Crippen LogP contribution is -2.04. The number of hydrogen-bond acceptors (Lipinski definition) is 3. The first-order chi connectivity index (χ1) is 7.75. The Morgan fingerprint density at radius 1 is 1.38 bits per heavy atom. The van der Waals surface area contributed by atoms with Gasteiger partial charge in [0.2, 0.25) is 0 Å². The van der Waals surface area contributed by atoms with E-state index in [1.54, 1.807) is 23.6 Å². The monoisotopic (exact) mass is 231 g/mol. The van der Waals surface area contributed by atoms with Crippen molar-refractivity contribution in [2.45, 2.75) is 0 Å². The van der Waals surface area contributed by atoms with E-state index in [9.17, 15) is 4.79 Å². The van der Waals surface area contributed by atoms with Gasteiger partial charge in [-0.2, -0.15) is 0 Å². The van der Waals surface area contributed by atoms with Crippen molar-refractivity contribution in [3.8, 4) is 10.4 Å². The molecule has 3 heterocycles. The van der Waals surface area contributed by atoms with Crippen LogP contribution in [-0.2, 0) is 0 Å². The molecular weight excluding hydrogens is 222 g/mol. The number of pyridine rings is 1. The summed E-state index contributed by atoms with van der Waals surface area (Å²) in [4.78, 5) is 19.1. The summed E-state index contributed by atoms with van der Waals surface area (Å²) in [5.41, 5.74) is 6.97. The van der Waals surface area contributed by atoms with E-state index >= 15 is 0 Å². The van der Waals surface area contributed by atoms with Gasteiger partial charge in [-0.15, -0.1) is 11.3 Å². The summed E-state index contributed by atoms with van der Waals surface area (Å²) in [6.07, 6.45) is 1.71. The van der Waals surface area contributed by atoms with Crippen molar-refractivity contribution in [3.63, 3.8) is 0 Å². The Bertz CT molecular complexity index is 694. The second-order valence-corrected chi connectivity index (χ2v) is 4.47. The standard InChI is InChI=1S/C11H9N3OS/c12-9-4-6-10(15)7(5-13-11(6)14-9)8-2-1-3-16-8/h1-5H,12H2,(H2,13,14,15). The first kappa shape index (κ1) is 9.23. The molecule has 0 fully saturated rings. The number of anilines is 1. The smallest absolute Gasteiger partial charge is 0.199 e. The molecule has 3 aromatic rings. The van der Waals surface area contributed by atoms with E-state index < -0.39 is 0 Å². The van der Waals surface area contributed by atoms with Crippen LogP contribution >= 0.6 is 11.3 Å². The summed E-state index contributed by atoms with van der Waals surface area (Å²) in [5.74, 6) is 0.492. The van der Waals surface area contributed by atoms with Crippen LogP contribution in [0.4, 0.5) is 5.82 Å². The topological polar surface area (TPSA) is 74.7 Å². The molecule has 5 heteroatoms. The van der Waals surface area contributed by atoms with Crippen LogP contribution in [0.2, 0.25) is 0 Å². The van der Waals surface area contributed by atoms with Crippen molar-refractivity contribution in [3.05, 3.63) is 40.0 Å². The van der Waals surface area contributed by atoms with Crippen LogP contribution in [0, 0.1) is 0 Å². The van der Waals surface area contributed by atoms with Gasteiger partial charge in [-0.05, 0) is 17.5 Å². The minimum absolute atomic E-state index is 0.00384. The quantitative estimate of drug-likeness (QED) is 0.600. The van der Waals surface area contributed by atoms with Crippen LogP contribution in [0.3, 0.4) is 0 Å². The average molecular weight is 231 g/mol. The van der Waals surface area contributed by atoms with E-state index in [1.165, 1.54) is 0 Å². The Hall–Kier alpha value is -2.01. The van der Waals surface area contributed by atoms with E-state index in [1.807, 2.05) is 17.5 Å². The summed E-state index contributed by atoms with van der Waals surface area (Å²) in [6, 6.07) is 5.51.